The van der Waals surface area contributed by atoms with E-state index < -0.39 is 9.84 Å². The van der Waals surface area contributed by atoms with E-state index in [-0.39, 0.29) is 22.8 Å². The van der Waals surface area contributed by atoms with E-state index in [9.17, 15) is 8.42 Å². The van der Waals surface area contributed by atoms with Crippen molar-refractivity contribution in [1.82, 2.24) is 5.32 Å². The van der Waals surface area contributed by atoms with Crippen molar-refractivity contribution in [2.24, 2.45) is 0 Å². The third-order valence-electron chi connectivity index (χ3n) is 3.70. The van der Waals surface area contributed by atoms with Crippen LogP contribution in [-0.4, -0.2) is 39.5 Å². The predicted molar refractivity (Wildman–Crippen MR) is 79.6 cm³/mol. The maximum Gasteiger partial charge on any atom is 0.179 e. The first-order valence-electron chi connectivity index (χ1n) is 7.11. The van der Waals surface area contributed by atoms with Gasteiger partial charge in [0.05, 0.1) is 28.4 Å². The van der Waals surface area contributed by atoms with Crippen molar-refractivity contribution >= 4 is 9.84 Å². The Morgan fingerprint density at radius 1 is 1.43 bits per heavy atom. The zero-order valence-corrected chi connectivity index (χ0v) is 12.9. The van der Waals surface area contributed by atoms with Crippen LogP contribution >= 0.6 is 0 Å². The maximum absolute atomic E-state index is 12.2. The molecule has 1 heterocycles. The Kier molecular flexibility index (Phi) is 5.34. The summed E-state index contributed by atoms with van der Waals surface area (Å²) in [5.74, 6) is 0.0377. The summed E-state index contributed by atoms with van der Waals surface area (Å²) in [6.07, 6.45) is 2.28. The van der Waals surface area contributed by atoms with Crippen LogP contribution in [-0.2, 0) is 14.6 Å². The molecule has 1 fully saturated rings. The molecule has 0 spiro atoms. The zero-order valence-electron chi connectivity index (χ0n) is 12.1. The molecule has 0 radical (unpaired) electrons. The van der Waals surface area contributed by atoms with Gasteiger partial charge >= 0.3 is 0 Å². The van der Waals surface area contributed by atoms with E-state index in [1.165, 1.54) is 24.3 Å². The second-order valence-corrected chi connectivity index (χ2v) is 7.36. The molecule has 5 nitrogen and oxygen atoms in total. The van der Waals surface area contributed by atoms with Crippen molar-refractivity contribution < 1.29 is 13.2 Å². The van der Waals surface area contributed by atoms with Crippen LogP contribution in [0.15, 0.2) is 29.2 Å². The molecular weight excluding hydrogens is 288 g/mol. The maximum atomic E-state index is 12.2. The number of nitrogens with zero attached hydrogens (tertiary/aromatic N) is 1. The van der Waals surface area contributed by atoms with Gasteiger partial charge in [-0.1, -0.05) is 0 Å². The Hall–Kier alpha value is -1.42. The standard InChI is InChI=1S/C15H20N2O3S/c1-12(15-3-2-9-20-15)17-8-10-21(18,19)14-6-4-13(11-16)5-7-14/h4-7,12,15,17H,2-3,8-10H2,1H3. The molecule has 1 aliphatic rings. The summed E-state index contributed by atoms with van der Waals surface area (Å²) in [6.45, 7) is 3.20. The van der Waals surface area contributed by atoms with Gasteiger partial charge in [0.15, 0.2) is 9.84 Å². The van der Waals surface area contributed by atoms with Crippen molar-refractivity contribution in [3.63, 3.8) is 0 Å². The summed E-state index contributed by atoms with van der Waals surface area (Å²) < 4.78 is 29.9. The first-order chi connectivity index (χ1) is 10.0. The van der Waals surface area contributed by atoms with Gasteiger partial charge in [-0.15, -0.1) is 0 Å². The number of nitrogens with one attached hydrogen (secondary N) is 1. The normalized spacial score (nSPS) is 20.1. The number of hydrogen-bond donors (Lipinski definition) is 1. The van der Waals surface area contributed by atoms with Crippen LogP contribution in [0.5, 0.6) is 0 Å². The molecule has 0 amide bonds. The van der Waals surface area contributed by atoms with Gasteiger partial charge in [-0.25, -0.2) is 8.42 Å². The van der Waals surface area contributed by atoms with Crippen molar-refractivity contribution in [2.45, 2.75) is 36.8 Å². The molecule has 2 atom stereocenters. The topological polar surface area (TPSA) is 79.2 Å². The fourth-order valence-electron chi connectivity index (χ4n) is 2.40. The molecule has 6 heteroatoms. The van der Waals surface area contributed by atoms with Gasteiger partial charge in [-0.2, -0.15) is 5.26 Å². The minimum absolute atomic E-state index is 0.0377. The summed E-state index contributed by atoms with van der Waals surface area (Å²) in [7, 11) is -3.32. The summed E-state index contributed by atoms with van der Waals surface area (Å²) in [4.78, 5) is 0.257. The van der Waals surface area contributed by atoms with E-state index >= 15 is 0 Å². The third-order valence-corrected chi connectivity index (χ3v) is 5.43. The Morgan fingerprint density at radius 2 is 2.14 bits per heavy atom. The number of hydrogen-bond acceptors (Lipinski definition) is 5. The quantitative estimate of drug-likeness (QED) is 0.861. The second kappa shape index (κ2) is 7.03. The average Bonchev–Trinajstić information content (AvgIpc) is 3.01. The van der Waals surface area contributed by atoms with Crippen LogP contribution in [0.25, 0.3) is 0 Å². The molecule has 1 saturated heterocycles. The van der Waals surface area contributed by atoms with E-state index in [0.29, 0.717) is 12.1 Å². The lowest BCUT2D eigenvalue weighted by atomic mass is 10.1. The van der Waals surface area contributed by atoms with E-state index in [1.807, 2.05) is 13.0 Å². The lowest BCUT2D eigenvalue weighted by molar-refractivity contribution is 0.0844. The van der Waals surface area contributed by atoms with Gasteiger partial charge in [0.1, 0.15) is 0 Å². The molecule has 1 aromatic carbocycles. The fraction of sp³-hybridized carbons (Fsp3) is 0.533. The number of sulfone groups is 1. The summed E-state index contributed by atoms with van der Waals surface area (Å²) in [5, 5.41) is 11.9. The molecule has 1 aliphatic heterocycles. The van der Waals surface area contributed by atoms with Crippen LogP contribution in [0, 0.1) is 11.3 Å². The van der Waals surface area contributed by atoms with E-state index in [1.54, 1.807) is 0 Å². The molecule has 1 aromatic rings. The van der Waals surface area contributed by atoms with Gasteiger partial charge in [0.25, 0.3) is 0 Å². The molecule has 114 valence electrons. The van der Waals surface area contributed by atoms with Crippen LogP contribution < -0.4 is 5.32 Å². The van der Waals surface area contributed by atoms with Crippen LogP contribution in [0.2, 0.25) is 0 Å². The highest BCUT2D eigenvalue weighted by molar-refractivity contribution is 7.91. The minimum atomic E-state index is -3.32. The first-order valence-corrected chi connectivity index (χ1v) is 8.76. The lowest BCUT2D eigenvalue weighted by Crippen LogP contribution is -2.39. The van der Waals surface area contributed by atoms with Gasteiger partial charge in [-0.3, -0.25) is 0 Å². The predicted octanol–water partition coefficient (Wildman–Crippen LogP) is 1.49. The number of nitriles is 1. The molecule has 0 bridgehead atoms. The van der Waals surface area contributed by atoms with Crippen molar-refractivity contribution in [2.75, 3.05) is 18.9 Å². The van der Waals surface area contributed by atoms with Crippen LogP contribution in [0.1, 0.15) is 25.3 Å². The molecule has 2 unspecified atom stereocenters. The van der Waals surface area contributed by atoms with Gasteiger partial charge in [0, 0.05) is 19.2 Å². The van der Waals surface area contributed by atoms with Gasteiger partial charge in [-0.05, 0) is 44.0 Å². The van der Waals surface area contributed by atoms with Gasteiger partial charge in [0.2, 0.25) is 0 Å². The Bertz CT molecular complexity index is 599. The van der Waals surface area contributed by atoms with Crippen LogP contribution in [0.3, 0.4) is 0 Å². The smallest absolute Gasteiger partial charge is 0.179 e. The molecular formula is C15H20N2O3S. The molecule has 0 saturated carbocycles. The minimum Gasteiger partial charge on any atom is -0.377 e. The molecule has 2 rings (SSSR count). The lowest BCUT2D eigenvalue weighted by Gasteiger charge is -2.19. The fourth-order valence-corrected chi connectivity index (χ4v) is 3.58. The second-order valence-electron chi connectivity index (χ2n) is 5.25. The highest BCUT2D eigenvalue weighted by Gasteiger charge is 2.22. The Labute approximate surface area is 125 Å². The highest BCUT2D eigenvalue weighted by atomic mass is 32.2. The zero-order chi connectivity index (χ0) is 15.3. The molecule has 21 heavy (non-hydrogen) atoms. The molecule has 0 aliphatic carbocycles. The summed E-state index contributed by atoms with van der Waals surface area (Å²) >= 11 is 0. The van der Waals surface area contributed by atoms with Gasteiger partial charge < -0.3 is 10.1 Å². The summed E-state index contributed by atoms with van der Waals surface area (Å²) in [6, 6.07) is 8.14. The average molecular weight is 308 g/mol. The van der Waals surface area contributed by atoms with Crippen molar-refractivity contribution in [3.8, 4) is 6.07 Å². The van der Waals surface area contributed by atoms with E-state index in [4.69, 9.17) is 10.00 Å². The molecule has 1 N–H and O–H groups in total. The van der Waals surface area contributed by atoms with E-state index in [0.717, 1.165) is 19.4 Å². The Balaban J connectivity index is 1.87. The Morgan fingerprint density at radius 3 is 2.71 bits per heavy atom. The number of benzene rings is 1. The summed E-state index contributed by atoms with van der Waals surface area (Å²) in [5.41, 5.74) is 0.457. The van der Waals surface area contributed by atoms with Crippen molar-refractivity contribution in [1.29, 1.82) is 5.26 Å². The van der Waals surface area contributed by atoms with Crippen molar-refractivity contribution in [3.05, 3.63) is 29.8 Å². The monoisotopic (exact) mass is 308 g/mol. The third kappa shape index (κ3) is 4.27. The first kappa shape index (κ1) is 16.0. The SMILES string of the molecule is CC(NCCS(=O)(=O)c1ccc(C#N)cc1)C1CCCO1. The largest absolute Gasteiger partial charge is 0.377 e. The van der Waals surface area contributed by atoms with E-state index in [2.05, 4.69) is 5.32 Å². The molecule has 0 aromatic heterocycles. The number of rotatable bonds is 6. The highest BCUT2D eigenvalue weighted by Crippen LogP contribution is 2.16. The van der Waals surface area contributed by atoms with Crippen LogP contribution in [0.4, 0.5) is 0 Å². The number of ether oxygens (including phenoxy) is 1.